The zero-order valence-electron chi connectivity index (χ0n) is 7.34. The number of nitrogens with one attached hydrogen (secondary N) is 1. The summed E-state index contributed by atoms with van der Waals surface area (Å²) in [6.45, 7) is 5.68. The second-order valence-electron chi connectivity index (χ2n) is 3.51. The van der Waals surface area contributed by atoms with E-state index in [-0.39, 0.29) is 17.1 Å². The lowest BCUT2D eigenvalue weighted by Gasteiger charge is -2.19. The Hall–Kier alpha value is -1.32. The molecule has 1 rings (SSSR count). The number of nitrogens with zero attached hydrogens (tertiary/aromatic N) is 1. The third-order valence-corrected chi connectivity index (χ3v) is 1.10. The smallest absolute Gasteiger partial charge is 0.274 e. The first-order chi connectivity index (χ1) is 5.49. The van der Waals surface area contributed by atoms with Gasteiger partial charge in [0.2, 0.25) is 0 Å². The van der Waals surface area contributed by atoms with Crippen LogP contribution in [0.25, 0.3) is 0 Å². The molecule has 1 heterocycles. The molecule has 4 heteroatoms. The maximum Gasteiger partial charge on any atom is 0.274 e. The molecule has 0 aliphatic heterocycles. The molecular formula is C8H11N2O2. The van der Waals surface area contributed by atoms with Crippen LogP contribution in [0.2, 0.25) is 0 Å². The van der Waals surface area contributed by atoms with E-state index in [1.54, 1.807) is 0 Å². The summed E-state index contributed by atoms with van der Waals surface area (Å²) >= 11 is 0. The van der Waals surface area contributed by atoms with Crippen molar-refractivity contribution in [3.8, 4) is 0 Å². The average Bonchev–Trinajstić information content (AvgIpc) is 2.32. The minimum absolute atomic E-state index is 0.185. The van der Waals surface area contributed by atoms with Gasteiger partial charge >= 0.3 is 0 Å². The van der Waals surface area contributed by atoms with Crippen LogP contribution in [-0.2, 0) is 0 Å². The Morgan fingerprint density at radius 3 is 2.75 bits per heavy atom. The third-order valence-electron chi connectivity index (χ3n) is 1.10. The zero-order chi connectivity index (χ0) is 9.19. The van der Waals surface area contributed by atoms with E-state index in [9.17, 15) is 4.79 Å². The van der Waals surface area contributed by atoms with Crippen LogP contribution in [-0.4, -0.2) is 16.6 Å². The van der Waals surface area contributed by atoms with Gasteiger partial charge in [-0.3, -0.25) is 4.79 Å². The summed E-state index contributed by atoms with van der Waals surface area (Å²) < 4.78 is 4.48. The predicted octanol–water partition coefficient (Wildman–Crippen LogP) is 1.00. The van der Waals surface area contributed by atoms with E-state index in [2.05, 4.69) is 21.1 Å². The highest BCUT2D eigenvalue weighted by Gasteiger charge is 2.16. The second kappa shape index (κ2) is 2.97. The Morgan fingerprint density at radius 1 is 1.67 bits per heavy atom. The summed E-state index contributed by atoms with van der Waals surface area (Å²) in [4.78, 5) is 11.3. The second-order valence-corrected chi connectivity index (χ2v) is 3.51. The molecule has 0 aliphatic rings. The molecule has 0 bridgehead atoms. The summed E-state index contributed by atoms with van der Waals surface area (Å²) in [5.74, 6) is -0.267. The van der Waals surface area contributed by atoms with Crippen molar-refractivity contribution < 1.29 is 9.32 Å². The molecule has 1 aromatic rings. The number of rotatable bonds is 1. The van der Waals surface area contributed by atoms with Crippen LogP contribution < -0.4 is 5.32 Å². The lowest BCUT2D eigenvalue weighted by atomic mass is 10.1. The molecule has 0 spiro atoms. The van der Waals surface area contributed by atoms with Gasteiger partial charge in [-0.05, 0) is 20.8 Å². The topological polar surface area (TPSA) is 55.1 Å². The van der Waals surface area contributed by atoms with Crippen LogP contribution in [0.1, 0.15) is 31.3 Å². The van der Waals surface area contributed by atoms with E-state index in [0.717, 1.165) is 0 Å². The van der Waals surface area contributed by atoms with Crippen LogP contribution in [0.3, 0.4) is 0 Å². The van der Waals surface area contributed by atoms with Crippen molar-refractivity contribution in [2.24, 2.45) is 0 Å². The average molecular weight is 167 g/mol. The summed E-state index contributed by atoms with van der Waals surface area (Å²) in [6.07, 6.45) is 1.25. The van der Waals surface area contributed by atoms with Gasteiger partial charge in [-0.15, -0.1) is 0 Å². The van der Waals surface area contributed by atoms with Crippen molar-refractivity contribution in [3.05, 3.63) is 18.0 Å². The number of hydrogen-bond donors (Lipinski definition) is 1. The highest BCUT2D eigenvalue weighted by Crippen LogP contribution is 2.01. The Balaban J connectivity index is 2.63. The molecule has 1 radical (unpaired) electrons. The molecule has 65 valence electrons. The van der Waals surface area contributed by atoms with Crippen LogP contribution in [0.4, 0.5) is 0 Å². The van der Waals surface area contributed by atoms with Crippen molar-refractivity contribution in [2.75, 3.05) is 0 Å². The Bertz CT molecular complexity index is 259. The van der Waals surface area contributed by atoms with Crippen molar-refractivity contribution >= 4 is 5.91 Å². The molecule has 1 N–H and O–H groups in total. The van der Waals surface area contributed by atoms with Crippen LogP contribution in [0.15, 0.2) is 10.8 Å². The van der Waals surface area contributed by atoms with Gasteiger partial charge < -0.3 is 9.84 Å². The molecule has 1 amide bonds. The van der Waals surface area contributed by atoms with E-state index >= 15 is 0 Å². The molecule has 0 fully saturated rings. The highest BCUT2D eigenvalue weighted by molar-refractivity contribution is 5.92. The molecule has 0 saturated carbocycles. The quantitative estimate of drug-likeness (QED) is 0.679. The molecule has 1 aromatic heterocycles. The Labute approximate surface area is 70.9 Å². The normalized spacial score (nSPS) is 11.2. The molecular weight excluding hydrogens is 156 g/mol. The molecule has 0 atom stereocenters. The number of hydrogen-bond acceptors (Lipinski definition) is 3. The van der Waals surface area contributed by atoms with Gasteiger partial charge in [-0.2, -0.15) is 0 Å². The van der Waals surface area contributed by atoms with E-state index in [1.165, 1.54) is 6.26 Å². The number of carbonyl (C=O) groups is 1. The standard InChI is InChI=1S/C8H11N2O2/c1-8(2,3)9-7(11)6-4-5-12-10-6/h5H,1-3H3,(H,9,11). The maximum atomic E-state index is 11.3. The van der Waals surface area contributed by atoms with Gasteiger partial charge in [-0.1, -0.05) is 5.16 Å². The Kier molecular flexibility index (Phi) is 2.17. The minimum Gasteiger partial charge on any atom is -0.363 e. The van der Waals surface area contributed by atoms with Gasteiger partial charge in [0.15, 0.2) is 5.69 Å². The van der Waals surface area contributed by atoms with Crippen LogP contribution in [0.5, 0.6) is 0 Å². The number of aromatic nitrogens is 1. The predicted molar refractivity (Wildman–Crippen MR) is 42.6 cm³/mol. The molecule has 0 unspecified atom stereocenters. The van der Waals surface area contributed by atoms with Gasteiger partial charge in [0.1, 0.15) is 6.26 Å². The van der Waals surface area contributed by atoms with Gasteiger partial charge in [0.05, 0.1) is 6.07 Å². The first-order valence-corrected chi connectivity index (χ1v) is 3.63. The summed E-state index contributed by atoms with van der Waals surface area (Å²) in [6, 6.07) is 2.57. The summed E-state index contributed by atoms with van der Waals surface area (Å²) in [5.41, 5.74) is -0.0749. The van der Waals surface area contributed by atoms with E-state index < -0.39 is 0 Å². The van der Waals surface area contributed by atoms with E-state index in [1.807, 2.05) is 20.8 Å². The van der Waals surface area contributed by atoms with Crippen LogP contribution >= 0.6 is 0 Å². The van der Waals surface area contributed by atoms with E-state index in [4.69, 9.17) is 0 Å². The fourth-order valence-corrected chi connectivity index (χ4v) is 0.694. The minimum atomic E-state index is -0.267. The van der Waals surface area contributed by atoms with Gasteiger partial charge in [0, 0.05) is 5.54 Å². The molecule has 0 saturated heterocycles. The SMILES string of the molecule is CC(C)(C)NC(=O)c1[c]con1. The highest BCUT2D eigenvalue weighted by atomic mass is 16.5. The largest absolute Gasteiger partial charge is 0.363 e. The number of amides is 1. The fourth-order valence-electron chi connectivity index (χ4n) is 0.694. The summed E-state index contributed by atoms with van der Waals surface area (Å²) in [7, 11) is 0. The van der Waals surface area contributed by atoms with Gasteiger partial charge in [-0.25, -0.2) is 0 Å². The zero-order valence-corrected chi connectivity index (χ0v) is 7.34. The van der Waals surface area contributed by atoms with Crippen LogP contribution in [0, 0.1) is 6.07 Å². The van der Waals surface area contributed by atoms with Crippen molar-refractivity contribution in [2.45, 2.75) is 26.3 Å². The molecule has 0 aliphatic carbocycles. The lowest BCUT2D eigenvalue weighted by Crippen LogP contribution is -2.40. The lowest BCUT2D eigenvalue weighted by molar-refractivity contribution is 0.0910. The Morgan fingerprint density at radius 2 is 2.33 bits per heavy atom. The monoisotopic (exact) mass is 167 g/mol. The fraction of sp³-hybridized carbons (Fsp3) is 0.500. The van der Waals surface area contributed by atoms with Crippen molar-refractivity contribution in [1.29, 1.82) is 0 Å². The molecule has 4 nitrogen and oxygen atoms in total. The summed E-state index contributed by atoms with van der Waals surface area (Å²) in [5, 5.41) is 6.19. The molecule has 12 heavy (non-hydrogen) atoms. The molecule has 0 aromatic carbocycles. The number of carbonyl (C=O) groups excluding carboxylic acids is 1. The van der Waals surface area contributed by atoms with E-state index in [0.29, 0.717) is 0 Å². The van der Waals surface area contributed by atoms with Crippen molar-refractivity contribution in [3.63, 3.8) is 0 Å². The maximum absolute atomic E-state index is 11.3. The third kappa shape index (κ3) is 2.38. The van der Waals surface area contributed by atoms with Crippen molar-refractivity contribution in [1.82, 2.24) is 10.5 Å². The first-order valence-electron chi connectivity index (χ1n) is 3.63. The van der Waals surface area contributed by atoms with Gasteiger partial charge in [0.25, 0.3) is 5.91 Å². The first kappa shape index (κ1) is 8.77.